The van der Waals surface area contributed by atoms with Gasteiger partial charge in [0.2, 0.25) is 5.91 Å². The van der Waals surface area contributed by atoms with E-state index in [1.807, 2.05) is 0 Å². The maximum atomic E-state index is 12.8. The number of non-ortho nitro benzene ring substituents is 1. The van der Waals surface area contributed by atoms with Gasteiger partial charge >= 0.3 is 5.97 Å². The fraction of sp³-hybridized carbons (Fsp3) is 0.333. The minimum absolute atomic E-state index is 0.132. The van der Waals surface area contributed by atoms with Crippen LogP contribution >= 0.6 is 0 Å². The molecule has 0 aromatic heterocycles. The van der Waals surface area contributed by atoms with Gasteiger partial charge in [0.1, 0.15) is 0 Å². The van der Waals surface area contributed by atoms with Gasteiger partial charge in [-0.3, -0.25) is 14.9 Å². The second kappa shape index (κ2) is 8.45. The Morgan fingerprint density at radius 1 is 1.30 bits per heavy atom. The first kappa shape index (κ1) is 20.1. The van der Waals surface area contributed by atoms with Gasteiger partial charge in [-0.25, -0.2) is 4.79 Å². The Bertz CT molecular complexity index is 844. The summed E-state index contributed by atoms with van der Waals surface area (Å²) in [5.74, 6) is -1.83. The predicted molar refractivity (Wildman–Crippen MR) is 98.5 cm³/mol. The third-order valence-corrected chi connectivity index (χ3v) is 4.25. The SMILES string of the molecule is COC(=O)C1=C(C)NC(C)=C(C(=O)NCCN)C1c1cccc([N+](=O)[O-])c1. The number of hydrogen-bond acceptors (Lipinski definition) is 7. The molecule has 1 aromatic carbocycles. The van der Waals surface area contributed by atoms with Crippen molar-refractivity contribution in [2.75, 3.05) is 20.2 Å². The summed E-state index contributed by atoms with van der Waals surface area (Å²) < 4.78 is 4.89. The molecule has 2 rings (SSSR count). The van der Waals surface area contributed by atoms with E-state index in [0.29, 0.717) is 17.0 Å². The summed E-state index contributed by atoms with van der Waals surface area (Å²) in [6, 6.07) is 5.87. The number of nitro benzene ring substituents is 1. The lowest BCUT2D eigenvalue weighted by Crippen LogP contribution is -2.38. The van der Waals surface area contributed by atoms with Crippen molar-refractivity contribution in [1.29, 1.82) is 0 Å². The van der Waals surface area contributed by atoms with E-state index in [4.69, 9.17) is 10.5 Å². The summed E-state index contributed by atoms with van der Waals surface area (Å²) in [6.45, 7) is 3.91. The molecular weight excluding hydrogens is 352 g/mol. The average molecular weight is 374 g/mol. The van der Waals surface area contributed by atoms with Gasteiger partial charge in [0.25, 0.3) is 5.69 Å². The van der Waals surface area contributed by atoms with E-state index in [1.165, 1.54) is 25.3 Å². The van der Waals surface area contributed by atoms with E-state index in [-0.39, 0.29) is 29.9 Å². The van der Waals surface area contributed by atoms with Crippen LogP contribution in [0.2, 0.25) is 0 Å². The lowest BCUT2D eigenvalue weighted by Gasteiger charge is -2.30. The first-order valence-corrected chi connectivity index (χ1v) is 8.31. The zero-order chi connectivity index (χ0) is 20.1. The number of nitrogens with zero attached hydrogens (tertiary/aromatic N) is 1. The Labute approximate surface area is 156 Å². The number of hydrogen-bond donors (Lipinski definition) is 3. The number of esters is 1. The summed E-state index contributed by atoms with van der Waals surface area (Å²) in [4.78, 5) is 35.9. The van der Waals surface area contributed by atoms with E-state index < -0.39 is 22.7 Å². The second-order valence-corrected chi connectivity index (χ2v) is 6.02. The van der Waals surface area contributed by atoms with Gasteiger partial charge in [-0.05, 0) is 19.4 Å². The van der Waals surface area contributed by atoms with Gasteiger partial charge in [0.15, 0.2) is 0 Å². The number of rotatable bonds is 6. The molecule has 1 atom stereocenters. The molecule has 0 fully saturated rings. The van der Waals surface area contributed by atoms with Crippen LogP contribution in [0.1, 0.15) is 25.3 Å². The molecule has 0 saturated carbocycles. The number of benzene rings is 1. The van der Waals surface area contributed by atoms with Crippen molar-refractivity contribution in [3.63, 3.8) is 0 Å². The van der Waals surface area contributed by atoms with E-state index in [2.05, 4.69) is 10.6 Å². The number of nitrogens with one attached hydrogen (secondary N) is 2. The van der Waals surface area contributed by atoms with Crippen molar-refractivity contribution in [3.05, 3.63) is 62.5 Å². The van der Waals surface area contributed by atoms with E-state index >= 15 is 0 Å². The van der Waals surface area contributed by atoms with Gasteiger partial charge in [0.05, 0.1) is 23.5 Å². The summed E-state index contributed by atoms with van der Waals surface area (Å²) in [6.07, 6.45) is 0. The van der Waals surface area contributed by atoms with Gasteiger partial charge in [0, 0.05) is 42.2 Å². The Balaban J connectivity index is 2.65. The number of allylic oxidation sites excluding steroid dienone is 2. The minimum atomic E-state index is -0.809. The molecule has 27 heavy (non-hydrogen) atoms. The van der Waals surface area contributed by atoms with Crippen LogP contribution in [0, 0.1) is 10.1 Å². The molecule has 9 heteroatoms. The Hall–Kier alpha value is -3.20. The van der Waals surface area contributed by atoms with Crippen molar-refractivity contribution in [1.82, 2.24) is 10.6 Å². The summed E-state index contributed by atoms with van der Waals surface area (Å²) in [5.41, 5.74) is 7.35. The summed E-state index contributed by atoms with van der Waals surface area (Å²) >= 11 is 0. The molecule has 1 heterocycles. The predicted octanol–water partition coefficient (Wildman–Crippen LogP) is 1.08. The zero-order valence-electron chi connectivity index (χ0n) is 15.4. The third-order valence-electron chi connectivity index (χ3n) is 4.25. The number of nitrogens with two attached hydrogens (primary N) is 1. The normalized spacial score (nSPS) is 16.7. The largest absolute Gasteiger partial charge is 0.466 e. The number of amides is 1. The van der Waals surface area contributed by atoms with Crippen LogP contribution < -0.4 is 16.4 Å². The van der Waals surface area contributed by atoms with Crippen molar-refractivity contribution in [3.8, 4) is 0 Å². The van der Waals surface area contributed by atoms with Gasteiger partial charge in [-0.2, -0.15) is 0 Å². The van der Waals surface area contributed by atoms with Crippen molar-refractivity contribution < 1.29 is 19.2 Å². The second-order valence-electron chi connectivity index (χ2n) is 6.02. The van der Waals surface area contributed by atoms with Crippen LogP contribution in [0.25, 0.3) is 0 Å². The molecule has 1 aliphatic heterocycles. The Kier molecular flexibility index (Phi) is 6.30. The number of carbonyl (C=O) groups excluding carboxylic acids is 2. The van der Waals surface area contributed by atoms with Crippen LogP contribution in [0.5, 0.6) is 0 Å². The fourth-order valence-electron chi connectivity index (χ4n) is 3.11. The molecule has 0 bridgehead atoms. The number of ether oxygens (including phenoxy) is 1. The third kappa shape index (κ3) is 4.14. The maximum Gasteiger partial charge on any atom is 0.336 e. The zero-order valence-corrected chi connectivity index (χ0v) is 15.4. The highest BCUT2D eigenvalue weighted by Crippen LogP contribution is 2.39. The molecule has 0 radical (unpaired) electrons. The van der Waals surface area contributed by atoms with Gasteiger partial charge in [-0.15, -0.1) is 0 Å². The van der Waals surface area contributed by atoms with E-state index in [1.54, 1.807) is 19.9 Å². The molecular formula is C18H22N4O5. The highest BCUT2D eigenvalue weighted by molar-refractivity contribution is 6.02. The molecule has 1 amide bonds. The molecule has 0 aliphatic carbocycles. The highest BCUT2D eigenvalue weighted by atomic mass is 16.6. The fourth-order valence-corrected chi connectivity index (χ4v) is 3.11. The number of carbonyl (C=O) groups is 2. The molecule has 0 saturated heterocycles. The molecule has 1 aliphatic rings. The molecule has 0 spiro atoms. The van der Waals surface area contributed by atoms with Crippen LogP contribution in [-0.2, 0) is 14.3 Å². The number of methoxy groups -OCH3 is 1. The Morgan fingerprint density at radius 3 is 2.56 bits per heavy atom. The van der Waals surface area contributed by atoms with Crippen molar-refractivity contribution in [2.24, 2.45) is 5.73 Å². The Morgan fingerprint density at radius 2 is 1.96 bits per heavy atom. The first-order valence-electron chi connectivity index (χ1n) is 8.31. The van der Waals surface area contributed by atoms with Crippen molar-refractivity contribution >= 4 is 17.6 Å². The van der Waals surface area contributed by atoms with E-state index in [0.717, 1.165) is 0 Å². The number of nitro groups is 1. The number of dihydropyridines is 1. The lowest BCUT2D eigenvalue weighted by molar-refractivity contribution is -0.384. The monoisotopic (exact) mass is 374 g/mol. The topological polar surface area (TPSA) is 137 Å². The molecule has 4 N–H and O–H groups in total. The average Bonchev–Trinajstić information content (AvgIpc) is 2.64. The van der Waals surface area contributed by atoms with Crippen LogP contribution in [0.15, 0.2) is 46.8 Å². The standard InChI is InChI=1S/C18H22N4O5/c1-10-14(17(23)20-8-7-19)16(15(11(2)21-10)18(24)27-3)12-5-4-6-13(9-12)22(25)26/h4-6,9,16,21H,7-8,19H2,1-3H3,(H,20,23). The van der Waals surface area contributed by atoms with Crippen LogP contribution in [0.3, 0.4) is 0 Å². The minimum Gasteiger partial charge on any atom is -0.466 e. The van der Waals surface area contributed by atoms with Crippen LogP contribution in [0.4, 0.5) is 5.69 Å². The lowest BCUT2D eigenvalue weighted by atomic mass is 9.80. The quantitative estimate of drug-likeness (QED) is 0.385. The molecule has 1 aromatic rings. The molecule has 1 unspecified atom stereocenters. The van der Waals surface area contributed by atoms with Gasteiger partial charge in [-0.1, -0.05) is 12.1 Å². The maximum absolute atomic E-state index is 12.8. The smallest absolute Gasteiger partial charge is 0.336 e. The molecule has 144 valence electrons. The van der Waals surface area contributed by atoms with Crippen molar-refractivity contribution in [2.45, 2.75) is 19.8 Å². The van der Waals surface area contributed by atoms with E-state index in [9.17, 15) is 19.7 Å². The summed E-state index contributed by atoms with van der Waals surface area (Å²) in [7, 11) is 1.24. The van der Waals surface area contributed by atoms with Gasteiger partial charge < -0.3 is 21.1 Å². The summed E-state index contributed by atoms with van der Waals surface area (Å²) in [5, 5.41) is 16.9. The molecule has 9 nitrogen and oxygen atoms in total. The highest BCUT2D eigenvalue weighted by Gasteiger charge is 2.37. The first-order chi connectivity index (χ1) is 12.8. The van der Waals surface area contributed by atoms with Crippen LogP contribution in [-0.4, -0.2) is 37.0 Å².